The van der Waals surface area contributed by atoms with Gasteiger partial charge in [0.05, 0.1) is 5.75 Å². The van der Waals surface area contributed by atoms with E-state index in [-0.39, 0.29) is 5.91 Å². The van der Waals surface area contributed by atoms with Crippen molar-refractivity contribution in [2.24, 2.45) is 0 Å². The van der Waals surface area contributed by atoms with Crippen molar-refractivity contribution in [1.82, 2.24) is 5.32 Å². The number of carbonyl (C=O) groups excluding carboxylic acids is 2. The first kappa shape index (κ1) is 17.3. The number of hydrogen-bond acceptors (Lipinski definition) is 4. The van der Waals surface area contributed by atoms with Crippen molar-refractivity contribution in [3.8, 4) is 0 Å². The minimum absolute atomic E-state index is 0.116. The lowest BCUT2D eigenvalue weighted by molar-refractivity contribution is -0.157. The molecule has 0 aliphatic carbocycles. The molecule has 5 heteroatoms. The van der Waals surface area contributed by atoms with E-state index in [1.165, 1.54) is 0 Å². The molecule has 0 rings (SSSR count). The van der Waals surface area contributed by atoms with Crippen LogP contribution in [0.1, 0.15) is 47.5 Å². The Hall–Kier alpha value is -0.710. The summed E-state index contributed by atoms with van der Waals surface area (Å²) in [4.78, 5) is 23.2. The third-order valence-electron chi connectivity index (χ3n) is 2.01. The molecule has 0 spiro atoms. The fourth-order valence-electron chi connectivity index (χ4n) is 1.14. The molecule has 0 saturated carbocycles. The zero-order valence-corrected chi connectivity index (χ0v) is 12.9. The minimum Gasteiger partial charge on any atom is -0.458 e. The van der Waals surface area contributed by atoms with Gasteiger partial charge in [-0.25, -0.2) is 4.79 Å². The Morgan fingerprint density at radius 3 is 2.44 bits per heavy atom. The molecule has 0 unspecified atom stereocenters. The molecule has 4 nitrogen and oxygen atoms in total. The number of ether oxygens (including phenoxy) is 1. The van der Waals surface area contributed by atoms with Crippen molar-refractivity contribution in [3.63, 3.8) is 0 Å². The Morgan fingerprint density at radius 1 is 1.33 bits per heavy atom. The topological polar surface area (TPSA) is 55.4 Å². The standard InChI is InChI=1S/C13H25NO3S/c1-6-7-8-18-9-11(15)14-10(2)12(16)17-13(3,4)5/h10H,6-9H2,1-5H3,(H,14,15)/t10-/m0/s1. The maximum Gasteiger partial charge on any atom is 0.328 e. The molecule has 1 amide bonds. The third kappa shape index (κ3) is 9.33. The largest absolute Gasteiger partial charge is 0.458 e. The van der Waals surface area contributed by atoms with Gasteiger partial charge in [0.2, 0.25) is 5.91 Å². The molecule has 0 saturated heterocycles. The number of amides is 1. The Morgan fingerprint density at radius 2 is 1.94 bits per heavy atom. The number of esters is 1. The molecule has 0 aliphatic rings. The van der Waals surface area contributed by atoms with Gasteiger partial charge in [0.25, 0.3) is 0 Å². The molecule has 0 aliphatic heterocycles. The van der Waals surface area contributed by atoms with E-state index in [9.17, 15) is 9.59 Å². The van der Waals surface area contributed by atoms with E-state index in [4.69, 9.17) is 4.74 Å². The number of carbonyl (C=O) groups is 2. The summed E-state index contributed by atoms with van der Waals surface area (Å²) in [7, 11) is 0. The van der Waals surface area contributed by atoms with E-state index in [0.29, 0.717) is 5.75 Å². The summed E-state index contributed by atoms with van der Waals surface area (Å²) in [5.41, 5.74) is -0.522. The average molecular weight is 275 g/mol. The first-order valence-electron chi connectivity index (χ1n) is 6.36. The average Bonchev–Trinajstić information content (AvgIpc) is 2.22. The van der Waals surface area contributed by atoms with Gasteiger partial charge >= 0.3 is 5.97 Å². The zero-order chi connectivity index (χ0) is 14.2. The molecule has 0 aromatic carbocycles. The van der Waals surface area contributed by atoms with E-state index in [1.54, 1.807) is 39.5 Å². The number of nitrogens with one attached hydrogen (secondary N) is 1. The van der Waals surface area contributed by atoms with E-state index in [2.05, 4.69) is 12.2 Å². The second kappa shape index (κ2) is 8.40. The first-order chi connectivity index (χ1) is 8.26. The number of hydrogen-bond donors (Lipinski definition) is 1. The molecule has 0 fully saturated rings. The van der Waals surface area contributed by atoms with Crippen molar-refractivity contribution in [3.05, 3.63) is 0 Å². The monoisotopic (exact) mass is 275 g/mol. The normalized spacial score (nSPS) is 12.9. The highest BCUT2D eigenvalue weighted by atomic mass is 32.2. The van der Waals surface area contributed by atoms with Crippen LogP contribution in [0.15, 0.2) is 0 Å². The highest BCUT2D eigenvalue weighted by Gasteiger charge is 2.22. The number of unbranched alkanes of at least 4 members (excludes halogenated alkanes) is 1. The Balaban J connectivity index is 3.89. The number of rotatable bonds is 7. The van der Waals surface area contributed by atoms with Crippen LogP contribution in [-0.2, 0) is 14.3 Å². The van der Waals surface area contributed by atoms with E-state index in [0.717, 1.165) is 18.6 Å². The van der Waals surface area contributed by atoms with Gasteiger partial charge in [0, 0.05) is 0 Å². The van der Waals surface area contributed by atoms with Gasteiger partial charge < -0.3 is 10.1 Å². The molecule has 0 heterocycles. The van der Waals surface area contributed by atoms with Crippen LogP contribution in [0.4, 0.5) is 0 Å². The van der Waals surface area contributed by atoms with E-state index >= 15 is 0 Å². The summed E-state index contributed by atoms with van der Waals surface area (Å²) in [6, 6.07) is -0.594. The zero-order valence-electron chi connectivity index (χ0n) is 12.0. The lowest BCUT2D eigenvalue weighted by Gasteiger charge is -2.22. The molecular formula is C13H25NO3S. The minimum atomic E-state index is -0.594. The third-order valence-corrected chi connectivity index (χ3v) is 3.06. The molecular weight excluding hydrogens is 250 g/mol. The van der Waals surface area contributed by atoms with Crippen molar-refractivity contribution >= 4 is 23.6 Å². The SMILES string of the molecule is CCCCSCC(=O)N[C@@H](C)C(=O)OC(C)(C)C. The van der Waals surface area contributed by atoms with Gasteiger partial charge in [-0.15, -0.1) is 0 Å². The fourth-order valence-corrected chi connectivity index (χ4v) is 2.05. The van der Waals surface area contributed by atoms with E-state index in [1.807, 2.05) is 0 Å². The van der Waals surface area contributed by atoms with Crippen molar-refractivity contribution < 1.29 is 14.3 Å². The predicted octanol–water partition coefficient (Wildman–Crippen LogP) is 2.37. The van der Waals surface area contributed by atoms with Crippen molar-refractivity contribution in [2.45, 2.75) is 59.1 Å². The summed E-state index contributed by atoms with van der Waals surface area (Å²) in [6.07, 6.45) is 2.24. The van der Waals surface area contributed by atoms with Gasteiger partial charge in [-0.1, -0.05) is 13.3 Å². The van der Waals surface area contributed by atoms with Crippen LogP contribution >= 0.6 is 11.8 Å². The summed E-state index contributed by atoms with van der Waals surface area (Å²) in [5.74, 6) is 0.863. The summed E-state index contributed by atoms with van der Waals surface area (Å²) < 4.78 is 5.18. The Kier molecular flexibility index (Phi) is 8.07. The van der Waals surface area contributed by atoms with Crippen LogP contribution in [0.25, 0.3) is 0 Å². The number of thioether (sulfide) groups is 1. The first-order valence-corrected chi connectivity index (χ1v) is 7.51. The predicted molar refractivity (Wildman–Crippen MR) is 75.7 cm³/mol. The van der Waals surface area contributed by atoms with Crippen LogP contribution < -0.4 is 5.32 Å². The molecule has 1 N–H and O–H groups in total. The summed E-state index contributed by atoms with van der Waals surface area (Å²) in [5, 5.41) is 2.64. The Bertz CT molecular complexity index is 274. The van der Waals surface area contributed by atoms with Gasteiger partial charge in [-0.3, -0.25) is 4.79 Å². The maximum atomic E-state index is 11.6. The lowest BCUT2D eigenvalue weighted by Crippen LogP contribution is -2.42. The molecule has 1 atom stereocenters. The van der Waals surface area contributed by atoms with Crippen LogP contribution in [0.2, 0.25) is 0 Å². The van der Waals surface area contributed by atoms with Crippen LogP contribution in [0.5, 0.6) is 0 Å². The van der Waals surface area contributed by atoms with Gasteiger partial charge in [0.15, 0.2) is 0 Å². The molecule has 106 valence electrons. The summed E-state index contributed by atoms with van der Waals surface area (Å²) >= 11 is 1.59. The highest BCUT2D eigenvalue weighted by molar-refractivity contribution is 7.99. The summed E-state index contributed by atoms with van der Waals surface area (Å²) in [6.45, 7) is 9.17. The molecule has 0 bridgehead atoms. The Labute approximate surface area is 114 Å². The van der Waals surface area contributed by atoms with Gasteiger partial charge in [-0.2, -0.15) is 11.8 Å². The van der Waals surface area contributed by atoms with Crippen LogP contribution in [-0.4, -0.2) is 35.0 Å². The smallest absolute Gasteiger partial charge is 0.328 e. The second-order valence-corrected chi connectivity index (χ2v) is 6.33. The molecule has 0 aromatic heterocycles. The van der Waals surface area contributed by atoms with Gasteiger partial charge in [0.1, 0.15) is 11.6 Å². The van der Waals surface area contributed by atoms with E-state index < -0.39 is 17.6 Å². The van der Waals surface area contributed by atoms with Gasteiger partial charge in [-0.05, 0) is 39.9 Å². The van der Waals surface area contributed by atoms with Crippen molar-refractivity contribution in [2.75, 3.05) is 11.5 Å². The van der Waals surface area contributed by atoms with Crippen LogP contribution in [0, 0.1) is 0 Å². The van der Waals surface area contributed by atoms with Crippen LogP contribution in [0.3, 0.4) is 0 Å². The highest BCUT2D eigenvalue weighted by Crippen LogP contribution is 2.08. The lowest BCUT2D eigenvalue weighted by atomic mass is 10.2. The quantitative estimate of drug-likeness (QED) is 0.572. The van der Waals surface area contributed by atoms with Crippen molar-refractivity contribution in [1.29, 1.82) is 0 Å². The maximum absolute atomic E-state index is 11.6. The molecule has 0 aromatic rings. The fraction of sp³-hybridized carbons (Fsp3) is 0.846. The molecule has 18 heavy (non-hydrogen) atoms. The second-order valence-electron chi connectivity index (χ2n) is 5.23. The molecule has 0 radical (unpaired) electrons.